The Kier molecular flexibility index (Phi) is 3.08. The maximum Gasteiger partial charge on any atom is 0.0794 e. The summed E-state index contributed by atoms with van der Waals surface area (Å²) >= 11 is 1.59. The minimum atomic E-state index is -0.717. The summed E-state index contributed by atoms with van der Waals surface area (Å²) < 4.78 is 11.8. The third-order valence-electron chi connectivity index (χ3n) is 2.15. The van der Waals surface area contributed by atoms with Crippen molar-refractivity contribution in [3.05, 3.63) is 16.6 Å². The van der Waals surface area contributed by atoms with Crippen LogP contribution in [0.4, 0.5) is 0 Å². The van der Waals surface area contributed by atoms with E-state index in [-0.39, 0.29) is 0 Å². The zero-order valence-corrected chi connectivity index (χ0v) is 8.87. The summed E-state index contributed by atoms with van der Waals surface area (Å²) in [5, 5.41) is 3.58. The van der Waals surface area contributed by atoms with E-state index in [0.29, 0.717) is 11.0 Å². The molecule has 0 radical (unpaired) electrons. The second-order valence-electron chi connectivity index (χ2n) is 3.11. The Morgan fingerprint density at radius 2 is 2.69 bits per heavy atom. The van der Waals surface area contributed by atoms with Gasteiger partial charge in [-0.1, -0.05) is 0 Å². The van der Waals surface area contributed by atoms with E-state index < -0.39 is 10.8 Å². The highest BCUT2D eigenvalue weighted by Crippen LogP contribution is 2.14. The third kappa shape index (κ3) is 2.36. The van der Waals surface area contributed by atoms with Crippen molar-refractivity contribution < 1.29 is 4.21 Å². The van der Waals surface area contributed by atoms with Crippen LogP contribution in [0, 0.1) is 0 Å². The number of aromatic nitrogens is 1. The van der Waals surface area contributed by atoms with Gasteiger partial charge in [0.15, 0.2) is 0 Å². The Labute approximate surface area is 84.0 Å². The number of hydrogen-bond donors (Lipinski definition) is 1. The molecule has 1 aromatic rings. The van der Waals surface area contributed by atoms with Gasteiger partial charge in [0, 0.05) is 33.7 Å². The highest BCUT2D eigenvalue weighted by molar-refractivity contribution is 7.85. The summed E-state index contributed by atoms with van der Waals surface area (Å²) in [6.45, 7) is 1.92. The summed E-state index contributed by atoms with van der Waals surface area (Å²) in [5.74, 6) is 0.678. The molecule has 72 valence electrons. The molecule has 1 aliphatic rings. The van der Waals surface area contributed by atoms with Crippen molar-refractivity contribution in [3.63, 3.8) is 0 Å². The van der Waals surface area contributed by atoms with Crippen LogP contribution in [-0.2, 0) is 16.6 Å². The van der Waals surface area contributed by atoms with Crippen LogP contribution in [-0.4, -0.2) is 27.5 Å². The minimum absolute atomic E-state index is 0.349. The first-order valence-corrected chi connectivity index (χ1v) is 6.57. The average molecular weight is 216 g/mol. The first kappa shape index (κ1) is 9.30. The predicted molar refractivity (Wildman–Crippen MR) is 55.2 cm³/mol. The topological polar surface area (TPSA) is 42.0 Å². The zero-order valence-electron chi connectivity index (χ0n) is 7.23. The maximum absolute atomic E-state index is 11.8. The summed E-state index contributed by atoms with van der Waals surface area (Å²) in [4.78, 5) is 5.10. The van der Waals surface area contributed by atoms with Crippen molar-refractivity contribution >= 4 is 22.1 Å². The maximum atomic E-state index is 11.8. The van der Waals surface area contributed by atoms with Gasteiger partial charge >= 0.3 is 0 Å². The van der Waals surface area contributed by atoms with Crippen LogP contribution >= 0.6 is 11.3 Å². The molecule has 0 aliphatic carbocycles. The Morgan fingerprint density at radius 3 is 3.31 bits per heavy atom. The van der Waals surface area contributed by atoms with E-state index in [1.165, 1.54) is 0 Å². The Balaban J connectivity index is 1.91. The van der Waals surface area contributed by atoms with Crippen molar-refractivity contribution in [3.8, 4) is 0 Å². The number of nitrogens with zero attached hydrogens (tertiary/aromatic N) is 1. The monoisotopic (exact) mass is 216 g/mol. The summed E-state index contributed by atoms with van der Waals surface area (Å²) in [6.07, 6.45) is 2.86. The molecular formula is C8H12N2OS2. The van der Waals surface area contributed by atoms with E-state index in [1.54, 1.807) is 16.8 Å². The van der Waals surface area contributed by atoms with Crippen molar-refractivity contribution in [2.24, 2.45) is 0 Å². The lowest BCUT2D eigenvalue weighted by molar-refractivity contribution is 0.672. The summed E-state index contributed by atoms with van der Waals surface area (Å²) in [7, 11) is -0.717. The predicted octanol–water partition coefficient (Wildman–Crippen LogP) is 0.754. The molecule has 3 nitrogen and oxygen atoms in total. The van der Waals surface area contributed by atoms with Crippen molar-refractivity contribution in [2.45, 2.75) is 17.4 Å². The molecule has 2 rings (SSSR count). The Morgan fingerprint density at radius 1 is 1.77 bits per heavy atom. The quantitative estimate of drug-likeness (QED) is 0.811. The Bertz CT molecular complexity index is 280. The molecule has 0 saturated carbocycles. The lowest BCUT2D eigenvalue weighted by Gasteiger charge is -2.05. The molecule has 1 fully saturated rings. The van der Waals surface area contributed by atoms with Crippen LogP contribution in [0.3, 0.4) is 0 Å². The first-order chi connectivity index (χ1) is 6.36. The lowest BCUT2D eigenvalue weighted by Crippen LogP contribution is -2.19. The summed E-state index contributed by atoms with van der Waals surface area (Å²) in [6, 6.07) is 0. The van der Waals surface area contributed by atoms with Gasteiger partial charge in [0.25, 0.3) is 0 Å². The second kappa shape index (κ2) is 4.30. The van der Waals surface area contributed by atoms with Crippen LogP contribution < -0.4 is 5.32 Å². The van der Waals surface area contributed by atoms with E-state index in [2.05, 4.69) is 10.3 Å². The van der Waals surface area contributed by atoms with E-state index >= 15 is 0 Å². The van der Waals surface area contributed by atoms with Crippen LogP contribution in [0.15, 0.2) is 11.7 Å². The third-order valence-corrected chi connectivity index (χ3v) is 4.86. The molecule has 0 spiro atoms. The zero-order chi connectivity index (χ0) is 9.10. The number of thiazole rings is 1. The van der Waals surface area contributed by atoms with E-state index in [1.807, 2.05) is 6.20 Å². The molecule has 0 amide bonds. The fourth-order valence-corrected chi connectivity index (χ4v) is 3.70. The van der Waals surface area contributed by atoms with Crippen molar-refractivity contribution in [1.82, 2.24) is 10.3 Å². The molecule has 1 aromatic heterocycles. The molecule has 2 unspecified atom stereocenters. The van der Waals surface area contributed by atoms with Crippen LogP contribution in [0.5, 0.6) is 0 Å². The Hall–Kier alpha value is -0.260. The molecule has 2 atom stereocenters. The van der Waals surface area contributed by atoms with Gasteiger partial charge in [-0.15, -0.1) is 11.3 Å². The van der Waals surface area contributed by atoms with Gasteiger partial charge in [-0.25, -0.2) is 0 Å². The standard InChI is InChI=1S/C8H12N2OS2/c11-13(8-1-2-9-4-8)5-7-3-10-6-12-7/h3,6,8-9H,1-2,4-5H2. The minimum Gasteiger partial charge on any atom is -0.315 e. The molecule has 0 aromatic carbocycles. The van der Waals surface area contributed by atoms with Gasteiger partial charge in [0.1, 0.15) is 0 Å². The van der Waals surface area contributed by atoms with Crippen LogP contribution in [0.25, 0.3) is 0 Å². The van der Waals surface area contributed by atoms with Gasteiger partial charge < -0.3 is 5.32 Å². The smallest absolute Gasteiger partial charge is 0.0794 e. The van der Waals surface area contributed by atoms with Gasteiger partial charge in [-0.05, 0) is 13.0 Å². The molecule has 1 saturated heterocycles. The first-order valence-electron chi connectivity index (χ1n) is 4.31. The van der Waals surface area contributed by atoms with Gasteiger partial charge in [-0.3, -0.25) is 9.19 Å². The highest BCUT2D eigenvalue weighted by atomic mass is 32.2. The van der Waals surface area contributed by atoms with E-state index in [9.17, 15) is 4.21 Å². The number of rotatable bonds is 3. The van der Waals surface area contributed by atoms with Crippen molar-refractivity contribution in [1.29, 1.82) is 0 Å². The molecule has 13 heavy (non-hydrogen) atoms. The molecule has 5 heteroatoms. The lowest BCUT2D eigenvalue weighted by atomic mass is 10.4. The van der Waals surface area contributed by atoms with Gasteiger partial charge in [-0.2, -0.15) is 0 Å². The summed E-state index contributed by atoms with van der Waals surface area (Å²) in [5.41, 5.74) is 1.79. The van der Waals surface area contributed by atoms with Gasteiger partial charge in [0.2, 0.25) is 0 Å². The van der Waals surface area contributed by atoms with E-state index in [0.717, 1.165) is 24.4 Å². The number of nitrogens with one attached hydrogen (secondary N) is 1. The highest BCUT2D eigenvalue weighted by Gasteiger charge is 2.21. The molecule has 1 N–H and O–H groups in total. The average Bonchev–Trinajstić information content (AvgIpc) is 2.74. The second-order valence-corrected chi connectivity index (χ2v) is 5.80. The molecule has 0 bridgehead atoms. The fourth-order valence-electron chi connectivity index (χ4n) is 1.42. The fraction of sp³-hybridized carbons (Fsp3) is 0.625. The van der Waals surface area contributed by atoms with E-state index in [4.69, 9.17) is 0 Å². The molecule has 1 aliphatic heterocycles. The van der Waals surface area contributed by atoms with Crippen LogP contribution in [0.2, 0.25) is 0 Å². The largest absolute Gasteiger partial charge is 0.315 e. The van der Waals surface area contributed by atoms with Crippen LogP contribution in [0.1, 0.15) is 11.3 Å². The molecular weight excluding hydrogens is 204 g/mol. The SMILES string of the molecule is O=S(Cc1cncs1)C1CCNC1. The van der Waals surface area contributed by atoms with Gasteiger partial charge in [0.05, 0.1) is 11.3 Å². The normalized spacial score (nSPS) is 24.8. The molecule has 2 heterocycles. The van der Waals surface area contributed by atoms with Crippen molar-refractivity contribution in [2.75, 3.05) is 13.1 Å². The number of hydrogen-bond acceptors (Lipinski definition) is 4.